The van der Waals surface area contributed by atoms with Crippen LogP contribution >= 0.6 is 11.3 Å². The third kappa shape index (κ3) is 5.47. The van der Waals surface area contributed by atoms with Crippen molar-refractivity contribution in [1.29, 1.82) is 0 Å². The normalized spacial score (nSPS) is 11.5. The van der Waals surface area contributed by atoms with E-state index in [-0.39, 0.29) is 4.90 Å². The van der Waals surface area contributed by atoms with E-state index >= 15 is 0 Å². The molecule has 0 spiro atoms. The summed E-state index contributed by atoms with van der Waals surface area (Å²) < 4.78 is 26.2. The van der Waals surface area contributed by atoms with E-state index in [1.807, 2.05) is 29.2 Å². The van der Waals surface area contributed by atoms with Crippen LogP contribution in [0.5, 0.6) is 0 Å². The Hall–Kier alpha value is -2.19. The van der Waals surface area contributed by atoms with Gasteiger partial charge in [0.15, 0.2) is 0 Å². The molecule has 0 fully saturated rings. The molecule has 8 heteroatoms. The molecule has 1 aromatic carbocycles. The van der Waals surface area contributed by atoms with E-state index in [4.69, 9.17) is 0 Å². The molecule has 0 aliphatic heterocycles. The predicted molar refractivity (Wildman–Crippen MR) is 96.6 cm³/mol. The Morgan fingerprint density at radius 1 is 1.25 bits per heavy atom. The molecule has 0 aliphatic rings. The number of aliphatic imine (C=N–C) groups is 1. The molecule has 0 saturated carbocycles. The largest absolute Gasteiger partial charge is 0.337 e. The maximum atomic E-state index is 12.1. The van der Waals surface area contributed by atoms with Crippen LogP contribution in [0.1, 0.15) is 24.6 Å². The average molecular weight is 365 g/mol. The number of nitrogens with zero attached hydrogens (tertiary/aromatic N) is 1. The lowest BCUT2D eigenvalue weighted by Gasteiger charge is -2.08. The number of carbonyl (C=O) groups is 1. The first-order valence-electron chi connectivity index (χ1n) is 7.49. The van der Waals surface area contributed by atoms with Crippen LogP contribution in [0.3, 0.4) is 0 Å². The molecule has 2 rings (SSSR count). The molecule has 6 nitrogen and oxygen atoms in total. The molecule has 2 aromatic rings. The lowest BCUT2D eigenvalue weighted by Crippen LogP contribution is -2.39. The number of rotatable bonds is 7. The van der Waals surface area contributed by atoms with Crippen LogP contribution in [0.25, 0.3) is 0 Å². The van der Waals surface area contributed by atoms with Crippen LogP contribution in [0.15, 0.2) is 51.7 Å². The molecular formula is C16H19N3O3S2. The number of thiophene rings is 1. The van der Waals surface area contributed by atoms with Gasteiger partial charge in [-0.2, -0.15) is 0 Å². The summed E-state index contributed by atoms with van der Waals surface area (Å²) in [5.41, 5.74) is 0.634. The van der Waals surface area contributed by atoms with Crippen molar-refractivity contribution in [3.8, 4) is 0 Å². The van der Waals surface area contributed by atoms with Crippen molar-refractivity contribution < 1.29 is 13.2 Å². The van der Waals surface area contributed by atoms with Gasteiger partial charge in [-0.1, -0.05) is 19.4 Å². The lowest BCUT2D eigenvalue weighted by atomic mass is 10.3. The Bertz CT molecular complexity index is 782. The van der Waals surface area contributed by atoms with Gasteiger partial charge in [0.25, 0.3) is 10.0 Å². The summed E-state index contributed by atoms with van der Waals surface area (Å²) in [5, 5.41) is 4.46. The second-order valence-electron chi connectivity index (χ2n) is 4.98. The van der Waals surface area contributed by atoms with E-state index in [1.54, 1.807) is 29.7 Å². The van der Waals surface area contributed by atoms with Gasteiger partial charge in [0.05, 0.1) is 10.6 Å². The Balaban J connectivity index is 1.99. The third-order valence-electron chi connectivity index (χ3n) is 3.07. The molecule has 128 valence electrons. The number of sulfonamides is 1. The molecule has 0 aliphatic carbocycles. The number of hydrogen-bond acceptors (Lipinski definition) is 5. The zero-order valence-corrected chi connectivity index (χ0v) is 14.9. The smallest absolute Gasteiger partial charge is 0.328 e. The van der Waals surface area contributed by atoms with Gasteiger partial charge in [-0.3, -0.25) is 4.99 Å². The van der Waals surface area contributed by atoms with Gasteiger partial charge >= 0.3 is 6.03 Å². The Morgan fingerprint density at radius 3 is 2.62 bits per heavy atom. The number of benzene rings is 1. The first-order chi connectivity index (χ1) is 11.5. The summed E-state index contributed by atoms with van der Waals surface area (Å²) in [5.74, 6) is 0. The number of nitrogens with one attached hydrogen (secondary N) is 2. The lowest BCUT2D eigenvalue weighted by molar-refractivity contribution is 0.245. The van der Waals surface area contributed by atoms with Gasteiger partial charge in [0.1, 0.15) is 0 Å². The summed E-state index contributed by atoms with van der Waals surface area (Å²) in [6, 6.07) is 9.17. The molecule has 2 N–H and O–H groups in total. The van der Waals surface area contributed by atoms with E-state index in [9.17, 15) is 13.2 Å². The van der Waals surface area contributed by atoms with Gasteiger partial charge in [-0.15, -0.1) is 11.3 Å². The maximum Gasteiger partial charge on any atom is 0.328 e. The molecule has 24 heavy (non-hydrogen) atoms. The number of carbonyl (C=O) groups excluding carboxylic acids is 1. The standard InChI is InChI=1S/C16H19N3O3S2/c1-2-3-10-17-16(20)19-24(21,22)15-8-6-13(7-9-15)18-12-14-5-4-11-23-14/h4-9,11-12H,2-3,10H2,1H3,(H2,17,19,20). The second-order valence-corrected chi connectivity index (χ2v) is 7.64. The van der Waals surface area contributed by atoms with E-state index in [1.165, 1.54) is 12.1 Å². The highest BCUT2D eigenvalue weighted by Gasteiger charge is 2.16. The number of unbranched alkanes of at least 4 members (excludes halogenated alkanes) is 1. The zero-order chi connectivity index (χ0) is 17.4. The molecule has 0 saturated heterocycles. The Labute approximate surface area is 145 Å². The van der Waals surface area contributed by atoms with E-state index in [2.05, 4.69) is 10.3 Å². The average Bonchev–Trinajstić information content (AvgIpc) is 3.06. The molecule has 1 aromatic heterocycles. The van der Waals surface area contributed by atoms with Crippen LogP contribution in [-0.4, -0.2) is 27.2 Å². The highest BCUT2D eigenvalue weighted by Crippen LogP contribution is 2.17. The highest BCUT2D eigenvalue weighted by molar-refractivity contribution is 7.90. The van der Waals surface area contributed by atoms with Gasteiger partial charge in [-0.05, 0) is 42.1 Å². The van der Waals surface area contributed by atoms with Crippen LogP contribution in [0.4, 0.5) is 10.5 Å². The van der Waals surface area contributed by atoms with Crippen LogP contribution in [-0.2, 0) is 10.0 Å². The van der Waals surface area contributed by atoms with Crippen molar-refractivity contribution in [2.45, 2.75) is 24.7 Å². The van der Waals surface area contributed by atoms with Crippen molar-refractivity contribution in [3.05, 3.63) is 46.7 Å². The van der Waals surface area contributed by atoms with E-state index < -0.39 is 16.1 Å². The fraction of sp³-hybridized carbons (Fsp3) is 0.250. The van der Waals surface area contributed by atoms with Crippen molar-refractivity contribution in [2.75, 3.05) is 6.54 Å². The maximum absolute atomic E-state index is 12.1. The van der Waals surface area contributed by atoms with E-state index in [0.717, 1.165) is 17.7 Å². The summed E-state index contributed by atoms with van der Waals surface area (Å²) in [6.45, 7) is 2.42. The van der Waals surface area contributed by atoms with Crippen molar-refractivity contribution >= 4 is 39.3 Å². The minimum atomic E-state index is -3.88. The predicted octanol–water partition coefficient (Wildman–Crippen LogP) is 3.29. The topological polar surface area (TPSA) is 87.6 Å². The van der Waals surface area contributed by atoms with Gasteiger partial charge in [0, 0.05) is 17.6 Å². The minimum absolute atomic E-state index is 0.0169. The number of hydrogen-bond donors (Lipinski definition) is 2. The third-order valence-corrected chi connectivity index (χ3v) is 5.23. The quantitative estimate of drug-likeness (QED) is 0.583. The molecule has 1 heterocycles. The minimum Gasteiger partial charge on any atom is -0.337 e. The highest BCUT2D eigenvalue weighted by atomic mass is 32.2. The fourth-order valence-corrected chi connectivity index (χ4v) is 3.32. The molecular weight excluding hydrogens is 346 g/mol. The summed E-state index contributed by atoms with van der Waals surface area (Å²) in [6.07, 6.45) is 3.43. The number of urea groups is 1. The summed E-state index contributed by atoms with van der Waals surface area (Å²) in [4.78, 5) is 16.9. The molecule has 0 bridgehead atoms. The second kappa shape index (κ2) is 8.60. The zero-order valence-electron chi connectivity index (χ0n) is 13.2. The molecule has 0 radical (unpaired) electrons. The SMILES string of the molecule is CCCCNC(=O)NS(=O)(=O)c1ccc(N=Cc2cccs2)cc1. The first kappa shape index (κ1) is 18.2. The summed E-state index contributed by atoms with van der Waals surface area (Å²) in [7, 11) is -3.88. The van der Waals surface area contributed by atoms with Gasteiger partial charge < -0.3 is 5.32 Å². The van der Waals surface area contributed by atoms with Gasteiger partial charge in [-0.25, -0.2) is 17.9 Å². The molecule has 0 unspecified atom stereocenters. The fourth-order valence-electron chi connectivity index (χ4n) is 1.81. The monoisotopic (exact) mass is 365 g/mol. The first-order valence-corrected chi connectivity index (χ1v) is 9.86. The molecule has 0 atom stereocenters. The Kier molecular flexibility index (Phi) is 6.51. The van der Waals surface area contributed by atoms with Crippen LogP contribution in [0, 0.1) is 0 Å². The van der Waals surface area contributed by atoms with Crippen LogP contribution in [0.2, 0.25) is 0 Å². The Morgan fingerprint density at radius 2 is 2.00 bits per heavy atom. The van der Waals surface area contributed by atoms with E-state index in [0.29, 0.717) is 12.2 Å². The van der Waals surface area contributed by atoms with Crippen LogP contribution < -0.4 is 10.0 Å². The van der Waals surface area contributed by atoms with Crippen molar-refractivity contribution in [1.82, 2.24) is 10.0 Å². The summed E-state index contributed by atoms with van der Waals surface area (Å²) >= 11 is 1.56. The number of amides is 2. The van der Waals surface area contributed by atoms with Crippen molar-refractivity contribution in [3.63, 3.8) is 0 Å². The molecule has 2 amide bonds. The van der Waals surface area contributed by atoms with Crippen molar-refractivity contribution in [2.24, 2.45) is 4.99 Å². The van der Waals surface area contributed by atoms with Gasteiger partial charge in [0.2, 0.25) is 0 Å².